The minimum atomic E-state index is -0.498. The molecule has 0 aromatic heterocycles. The second-order valence-corrected chi connectivity index (χ2v) is 13.2. The predicted octanol–water partition coefficient (Wildman–Crippen LogP) is 4.96. The number of hydrogen-bond donors (Lipinski definition) is 1. The summed E-state index contributed by atoms with van der Waals surface area (Å²) in [6, 6.07) is 0. The van der Waals surface area contributed by atoms with Crippen molar-refractivity contribution in [3.05, 3.63) is 0 Å². The van der Waals surface area contributed by atoms with Gasteiger partial charge in [0.2, 0.25) is 0 Å². The van der Waals surface area contributed by atoms with Gasteiger partial charge in [-0.2, -0.15) is 0 Å². The molecule has 4 heteroatoms. The number of hydrogen-bond acceptors (Lipinski definition) is 4. The Morgan fingerprint density at radius 1 is 1.10 bits per heavy atom. The maximum Gasteiger partial charge on any atom is 0.140 e. The van der Waals surface area contributed by atoms with Gasteiger partial charge in [-0.05, 0) is 74.0 Å². The third-order valence-corrected chi connectivity index (χ3v) is 12.0. The van der Waals surface area contributed by atoms with E-state index in [2.05, 4.69) is 34.6 Å². The SMILES string of the molecule is CC(=O)C[C@@H](C)[C@H]1CC[C@@]2(C)[C@@H]3C(=O)C[C@@]45OC[C@]3(CC[C@]12C)[C@@H]4CC[C@H](O)C5(C)C. The van der Waals surface area contributed by atoms with Crippen molar-refractivity contribution in [1.82, 2.24) is 0 Å². The zero-order valence-electron chi connectivity index (χ0n) is 20.4. The van der Waals surface area contributed by atoms with Crippen molar-refractivity contribution < 1.29 is 19.4 Å². The van der Waals surface area contributed by atoms with Gasteiger partial charge in [0.15, 0.2) is 0 Å². The molecule has 4 nitrogen and oxygen atoms in total. The number of carbonyl (C=O) groups is 2. The zero-order valence-corrected chi connectivity index (χ0v) is 20.4. The minimum absolute atomic E-state index is 0.0296. The fraction of sp³-hybridized carbons (Fsp3) is 0.926. The molecular weight excluding hydrogens is 388 g/mol. The van der Waals surface area contributed by atoms with Gasteiger partial charge >= 0.3 is 0 Å². The van der Waals surface area contributed by atoms with Crippen LogP contribution in [0.25, 0.3) is 0 Å². The first-order chi connectivity index (χ1) is 14.4. The second-order valence-electron chi connectivity index (χ2n) is 13.2. The molecule has 0 aromatic rings. The minimum Gasteiger partial charge on any atom is -0.392 e. The Balaban J connectivity index is 1.56. The van der Waals surface area contributed by atoms with Crippen LogP contribution in [-0.2, 0) is 14.3 Å². The molecule has 174 valence electrons. The Kier molecular flexibility index (Phi) is 4.58. The van der Waals surface area contributed by atoms with Gasteiger partial charge in [-0.25, -0.2) is 0 Å². The molecule has 4 saturated carbocycles. The molecule has 0 aromatic carbocycles. The van der Waals surface area contributed by atoms with Crippen molar-refractivity contribution in [1.29, 1.82) is 0 Å². The lowest BCUT2D eigenvalue weighted by Crippen LogP contribution is -2.69. The van der Waals surface area contributed by atoms with Gasteiger partial charge in [0.1, 0.15) is 11.6 Å². The van der Waals surface area contributed by atoms with E-state index in [9.17, 15) is 14.7 Å². The summed E-state index contributed by atoms with van der Waals surface area (Å²) in [5, 5.41) is 10.9. The van der Waals surface area contributed by atoms with E-state index < -0.39 is 17.1 Å². The predicted molar refractivity (Wildman–Crippen MR) is 119 cm³/mol. The maximum absolute atomic E-state index is 14.1. The molecule has 1 N–H and O–H groups in total. The molecule has 31 heavy (non-hydrogen) atoms. The molecule has 0 unspecified atom stereocenters. The number of aliphatic hydroxyl groups is 1. The average molecular weight is 431 g/mol. The number of Topliss-reactive ketones (excluding diaryl/α,β-unsaturated/α-hetero) is 2. The average Bonchev–Trinajstić information content (AvgIpc) is 3.07. The molecule has 1 saturated heterocycles. The van der Waals surface area contributed by atoms with Crippen LogP contribution < -0.4 is 0 Å². The number of ether oxygens (including phenoxy) is 1. The summed E-state index contributed by atoms with van der Waals surface area (Å²) in [4.78, 5) is 25.9. The molecule has 1 aliphatic heterocycles. The maximum atomic E-state index is 14.1. The Morgan fingerprint density at radius 2 is 1.81 bits per heavy atom. The molecular formula is C27H42O4. The van der Waals surface area contributed by atoms with Crippen molar-refractivity contribution in [3.63, 3.8) is 0 Å². The Labute approximate surface area is 187 Å². The number of rotatable bonds is 3. The highest BCUT2D eigenvalue weighted by Crippen LogP contribution is 2.78. The van der Waals surface area contributed by atoms with Crippen LogP contribution in [0.5, 0.6) is 0 Å². The lowest BCUT2D eigenvalue weighted by atomic mass is 9.36. The van der Waals surface area contributed by atoms with Gasteiger partial charge in [0.05, 0.1) is 18.3 Å². The number of carbonyl (C=O) groups excluding carboxylic acids is 2. The van der Waals surface area contributed by atoms with Crippen LogP contribution in [0.3, 0.4) is 0 Å². The number of aliphatic hydroxyl groups excluding tert-OH is 1. The Morgan fingerprint density at radius 3 is 2.48 bits per heavy atom. The van der Waals surface area contributed by atoms with E-state index >= 15 is 0 Å². The van der Waals surface area contributed by atoms with Crippen LogP contribution in [-0.4, -0.2) is 35.0 Å². The van der Waals surface area contributed by atoms with Crippen LogP contribution in [0, 0.1) is 45.3 Å². The van der Waals surface area contributed by atoms with Gasteiger partial charge in [-0.3, -0.25) is 4.79 Å². The Hall–Kier alpha value is -0.740. The molecule has 5 aliphatic rings. The summed E-state index contributed by atoms with van der Waals surface area (Å²) >= 11 is 0. The normalized spacial score (nSPS) is 53.5. The smallest absolute Gasteiger partial charge is 0.140 e. The zero-order chi connectivity index (χ0) is 22.6. The third kappa shape index (κ3) is 2.40. The monoisotopic (exact) mass is 430 g/mol. The molecule has 5 rings (SSSR count). The summed E-state index contributed by atoms with van der Waals surface area (Å²) in [5.74, 6) is 1.98. The van der Waals surface area contributed by atoms with Gasteiger partial charge in [0, 0.05) is 29.6 Å². The molecule has 5 fully saturated rings. The lowest BCUT2D eigenvalue weighted by molar-refractivity contribution is -0.213. The molecule has 1 heterocycles. The van der Waals surface area contributed by atoms with Crippen molar-refractivity contribution in [2.45, 2.75) is 105 Å². The van der Waals surface area contributed by atoms with E-state index in [4.69, 9.17) is 4.74 Å². The summed E-state index contributed by atoms with van der Waals surface area (Å²) in [7, 11) is 0. The highest BCUT2D eigenvalue weighted by molar-refractivity contribution is 5.86. The highest BCUT2D eigenvalue weighted by Gasteiger charge is 2.78. The summed E-state index contributed by atoms with van der Waals surface area (Å²) in [6.07, 6.45) is 6.90. The van der Waals surface area contributed by atoms with E-state index in [0.717, 1.165) is 38.5 Å². The van der Waals surface area contributed by atoms with Crippen molar-refractivity contribution in [2.75, 3.05) is 6.61 Å². The van der Waals surface area contributed by atoms with E-state index in [1.54, 1.807) is 6.92 Å². The van der Waals surface area contributed by atoms with Crippen LogP contribution in [0.2, 0.25) is 0 Å². The fourth-order valence-electron chi connectivity index (χ4n) is 10.2. The number of ketones is 2. The van der Waals surface area contributed by atoms with Crippen molar-refractivity contribution >= 4 is 11.6 Å². The quantitative estimate of drug-likeness (QED) is 0.687. The molecule has 1 spiro atoms. The standard InChI is InChI=1S/C27H42O4/c1-16(13-17(2)28)18-9-10-25(6)22-19(29)14-27-20(7-8-21(30)23(27,3)4)26(22,15-31-27)12-11-24(18,25)5/h16,18,20-22,30H,7-15H2,1-6H3/t16-,18-,20+,21+,22+,24-,25+,26-,27-/m1/s1. The van der Waals surface area contributed by atoms with Gasteiger partial charge in [-0.1, -0.05) is 34.6 Å². The largest absolute Gasteiger partial charge is 0.392 e. The topological polar surface area (TPSA) is 63.6 Å². The molecule has 9 atom stereocenters. The van der Waals surface area contributed by atoms with E-state index in [-0.39, 0.29) is 27.9 Å². The van der Waals surface area contributed by atoms with Crippen LogP contribution in [0.4, 0.5) is 0 Å². The van der Waals surface area contributed by atoms with Crippen molar-refractivity contribution in [3.8, 4) is 0 Å². The third-order valence-electron chi connectivity index (χ3n) is 12.0. The van der Waals surface area contributed by atoms with E-state index in [1.165, 1.54) is 0 Å². The molecule has 2 bridgehead atoms. The van der Waals surface area contributed by atoms with Crippen LogP contribution >= 0.6 is 0 Å². The lowest BCUT2D eigenvalue weighted by Gasteiger charge is -2.66. The van der Waals surface area contributed by atoms with Gasteiger partial charge < -0.3 is 14.6 Å². The van der Waals surface area contributed by atoms with Crippen LogP contribution in [0.15, 0.2) is 0 Å². The fourth-order valence-corrected chi connectivity index (χ4v) is 10.2. The molecule has 0 radical (unpaired) electrons. The summed E-state index contributed by atoms with van der Waals surface area (Å²) < 4.78 is 6.71. The van der Waals surface area contributed by atoms with Crippen LogP contribution in [0.1, 0.15) is 92.9 Å². The first-order valence-electron chi connectivity index (χ1n) is 12.7. The second kappa shape index (κ2) is 6.44. The molecule has 4 aliphatic carbocycles. The van der Waals surface area contributed by atoms with Gasteiger partial charge in [-0.15, -0.1) is 0 Å². The first kappa shape index (κ1) is 22.1. The Bertz CT molecular complexity index is 818. The van der Waals surface area contributed by atoms with Gasteiger partial charge in [0.25, 0.3) is 0 Å². The number of fused-ring (bicyclic) bond motifs is 2. The van der Waals surface area contributed by atoms with E-state index in [0.29, 0.717) is 43.0 Å². The first-order valence-corrected chi connectivity index (χ1v) is 12.7. The summed E-state index contributed by atoms with van der Waals surface area (Å²) in [6.45, 7) is 13.7. The summed E-state index contributed by atoms with van der Waals surface area (Å²) in [5.41, 5.74) is -0.893. The van der Waals surface area contributed by atoms with Crippen molar-refractivity contribution in [2.24, 2.45) is 45.3 Å². The van der Waals surface area contributed by atoms with E-state index in [1.807, 2.05) is 0 Å². The highest BCUT2D eigenvalue weighted by atomic mass is 16.5. The molecule has 0 amide bonds.